The molecule has 0 saturated carbocycles. The lowest BCUT2D eigenvalue weighted by Gasteiger charge is -2.13. The van der Waals surface area contributed by atoms with Gasteiger partial charge in [0.1, 0.15) is 19.8 Å². The number of phosphoric ester groups is 1. The fourth-order valence-electron chi connectivity index (χ4n) is 0.461. The predicted octanol–water partition coefficient (Wildman–Crippen LogP) is 1.04. The van der Waals surface area contributed by atoms with Crippen LogP contribution >= 0.6 is 7.82 Å². The molecule has 0 heterocycles. The first kappa shape index (κ1) is 12.8. The van der Waals surface area contributed by atoms with Crippen molar-refractivity contribution in [3.8, 4) is 37.0 Å². The molecule has 0 unspecified atom stereocenters. The summed E-state index contributed by atoms with van der Waals surface area (Å²) in [5, 5.41) is 0. The monoisotopic (exact) mass is 212 g/mol. The maximum Gasteiger partial charge on any atom is 0.477 e. The van der Waals surface area contributed by atoms with Crippen molar-refractivity contribution >= 4 is 7.82 Å². The molecule has 0 aromatic carbocycles. The first-order valence-electron chi connectivity index (χ1n) is 3.52. The summed E-state index contributed by atoms with van der Waals surface area (Å²) in [6.07, 6.45) is 14.7. The van der Waals surface area contributed by atoms with Crippen LogP contribution in [0.15, 0.2) is 0 Å². The maximum atomic E-state index is 11.5. The van der Waals surface area contributed by atoms with E-state index in [-0.39, 0.29) is 19.8 Å². The van der Waals surface area contributed by atoms with Gasteiger partial charge in [0.05, 0.1) is 0 Å². The van der Waals surface area contributed by atoms with Gasteiger partial charge in [-0.1, -0.05) is 17.8 Å². The topological polar surface area (TPSA) is 44.8 Å². The highest BCUT2D eigenvalue weighted by Crippen LogP contribution is 2.48. The van der Waals surface area contributed by atoms with E-state index in [9.17, 15) is 4.57 Å². The van der Waals surface area contributed by atoms with E-state index in [2.05, 4.69) is 31.3 Å². The fourth-order valence-corrected chi connectivity index (χ4v) is 1.38. The summed E-state index contributed by atoms with van der Waals surface area (Å²) >= 11 is 0. The summed E-state index contributed by atoms with van der Waals surface area (Å²) in [7, 11) is -3.70. The molecule has 0 spiro atoms. The highest BCUT2D eigenvalue weighted by atomic mass is 31.2. The van der Waals surface area contributed by atoms with Crippen LogP contribution in [-0.2, 0) is 18.1 Å². The minimum Gasteiger partial charge on any atom is -0.274 e. The fraction of sp³-hybridized carbons (Fsp3) is 0.333. The van der Waals surface area contributed by atoms with Crippen molar-refractivity contribution in [3.63, 3.8) is 0 Å². The summed E-state index contributed by atoms with van der Waals surface area (Å²) in [6.45, 7) is -0.606. The number of phosphoric acid groups is 1. The van der Waals surface area contributed by atoms with Gasteiger partial charge in [-0.2, -0.15) is 0 Å². The summed E-state index contributed by atoms with van der Waals surface area (Å²) < 4.78 is 25.5. The molecule has 4 nitrogen and oxygen atoms in total. The molecule has 0 atom stereocenters. The second kappa shape index (κ2) is 7.22. The molecular formula is C9H9O4P. The third-order valence-corrected chi connectivity index (χ3v) is 2.25. The molecule has 0 radical (unpaired) electrons. The SMILES string of the molecule is C#CCOP(=O)(OCC#C)OCC#C. The van der Waals surface area contributed by atoms with Crippen LogP contribution in [0.5, 0.6) is 0 Å². The van der Waals surface area contributed by atoms with Crippen LogP contribution in [0.4, 0.5) is 0 Å². The van der Waals surface area contributed by atoms with Crippen LogP contribution in [0.1, 0.15) is 0 Å². The Balaban J connectivity index is 4.22. The Morgan fingerprint density at radius 3 is 1.36 bits per heavy atom. The minimum atomic E-state index is -3.70. The van der Waals surface area contributed by atoms with Gasteiger partial charge in [0.25, 0.3) is 0 Å². The van der Waals surface area contributed by atoms with Crippen LogP contribution < -0.4 is 0 Å². The van der Waals surface area contributed by atoms with Gasteiger partial charge < -0.3 is 0 Å². The lowest BCUT2D eigenvalue weighted by molar-refractivity contribution is 0.146. The molecule has 74 valence electrons. The van der Waals surface area contributed by atoms with E-state index in [1.165, 1.54) is 0 Å². The molecule has 0 aliphatic carbocycles. The van der Waals surface area contributed by atoms with Crippen molar-refractivity contribution in [1.29, 1.82) is 0 Å². The standard InChI is InChI=1S/C9H9O4P/c1-4-7-11-14(10,12-8-5-2)13-9-6-3/h1-3H,7-9H2. The average molecular weight is 212 g/mol. The first-order valence-corrected chi connectivity index (χ1v) is 4.98. The van der Waals surface area contributed by atoms with Crippen LogP contribution in [0.2, 0.25) is 0 Å². The van der Waals surface area contributed by atoms with E-state index >= 15 is 0 Å². The molecule has 0 saturated heterocycles. The van der Waals surface area contributed by atoms with Crippen LogP contribution in [0.3, 0.4) is 0 Å². The smallest absolute Gasteiger partial charge is 0.274 e. The zero-order valence-corrected chi connectivity index (χ0v) is 8.33. The average Bonchev–Trinajstić information content (AvgIpc) is 2.21. The van der Waals surface area contributed by atoms with E-state index in [1.807, 2.05) is 0 Å². The number of hydrogen-bond donors (Lipinski definition) is 0. The Bertz CT molecular complexity index is 276. The highest BCUT2D eigenvalue weighted by Gasteiger charge is 2.25. The quantitative estimate of drug-likeness (QED) is 0.487. The molecule has 0 N–H and O–H groups in total. The largest absolute Gasteiger partial charge is 0.477 e. The molecule has 0 aromatic heterocycles. The van der Waals surface area contributed by atoms with Crippen molar-refractivity contribution in [1.82, 2.24) is 0 Å². The number of hydrogen-bond acceptors (Lipinski definition) is 4. The van der Waals surface area contributed by atoms with Crippen molar-refractivity contribution in [3.05, 3.63) is 0 Å². The Morgan fingerprint density at radius 1 is 0.857 bits per heavy atom. The summed E-state index contributed by atoms with van der Waals surface area (Å²) in [6, 6.07) is 0. The summed E-state index contributed by atoms with van der Waals surface area (Å²) in [4.78, 5) is 0. The maximum absolute atomic E-state index is 11.5. The van der Waals surface area contributed by atoms with E-state index in [0.717, 1.165) is 0 Å². The second-order valence-electron chi connectivity index (χ2n) is 1.88. The van der Waals surface area contributed by atoms with Gasteiger partial charge in [0.15, 0.2) is 0 Å². The summed E-state index contributed by atoms with van der Waals surface area (Å²) in [5.41, 5.74) is 0. The van der Waals surface area contributed by atoms with E-state index in [1.54, 1.807) is 0 Å². The van der Waals surface area contributed by atoms with E-state index in [0.29, 0.717) is 0 Å². The Labute approximate surface area is 83.5 Å². The van der Waals surface area contributed by atoms with Gasteiger partial charge in [-0.15, -0.1) is 19.3 Å². The van der Waals surface area contributed by atoms with Gasteiger partial charge >= 0.3 is 7.82 Å². The van der Waals surface area contributed by atoms with Gasteiger partial charge in [-0.3, -0.25) is 13.6 Å². The van der Waals surface area contributed by atoms with Crippen LogP contribution in [0.25, 0.3) is 0 Å². The zero-order chi connectivity index (χ0) is 10.9. The Kier molecular flexibility index (Phi) is 6.59. The molecule has 0 bridgehead atoms. The third kappa shape index (κ3) is 5.44. The molecule has 0 rings (SSSR count). The lowest BCUT2D eigenvalue weighted by Crippen LogP contribution is -2.01. The lowest BCUT2D eigenvalue weighted by atomic mass is 10.8. The zero-order valence-electron chi connectivity index (χ0n) is 7.43. The first-order chi connectivity index (χ1) is 6.68. The van der Waals surface area contributed by atoms with Crippen LogP contribution in [-0.4, -0.2) is 19.8 Å². The molecule has 0 fully saturated rings. The molecule has 0 aliphatic rings. The van der Waals surface area contributed by atoms with Gasteiger partial charge in [0.2, 0.25) is 0 Å². The normalized spacial score (nSPS) is 9.79. The van der Waals surface area contributed by atoms with Crippen molar-refractivity contribution in [2.45, 2.75) is 0 Å². The highest BCUT2D eigenvalue weighted by molar-refractivity contribution is 7.48. The summed E-state index contributed by atoms with van der Waals surface area (Å²) in [5.74, 6) is 6.36. The Hall–Kier alpha value is -1.21. The van der Waals surface area contributed by atoms with Crippen molar-refractivity contribution in [2.24, 2.45) is 0 Å². The Morgan fingerprint density at radius 2 is 1.14 bits per heavy atom. The molecular weight excluding hydrogens is 203 g/mol. The van der Waals surface area contributed by atoms with Gasteiger partial charge in [0, 0.05) is 0 Å². The number of rotatable bonds is 6. The van der Waals surface area contributed by atoms with Crippen molar-refractivity contribution < 1.29 is 18.1 Å². The minimum absolute atomic E-state index is 0.202. The van der Waals surface area contributed by atoms with Crippen LogP contribution in [0, 0.1) is 37.0 Å². The van der Waals surface area contributed by atoms with Gasteiger partial charge in [-0.25, -0.2) is 4.57 Å². The predicted molar refractivity (Wildman–Crippen MR) is 52.0 cm³/mol. The van der Waals surface area contributed by atoms with E-state index in [4.69, 9.17) is 19.3 Å². The molecule has 5 heteroatoms. The molecule has 0 aliphatic heterocycles. The second-order valence-corrected chi connectivity index (χ2v) is 3.55. The number of terminal acetylenes is 3. The molecule has 14 heavy (non-hydrogen) atoms. The molecule has 0 aromatic rings. The van der Waals surface area contributed by atoms with Crippen molar-refractivity contribution in [2.75, 3.05) is 19.8 Å². The van der Waals surface area contributed by atoms with E-state index < -0.39 is 7.82 Å². The van der Waals surface area contributed by atoms with Gasteiger partial charge in [-0.05, 0) is 0 Å². The third-order valence-electron chi connectivity index (χ3n) is 0.918. The molecule has 0 amide bonds.